The van der Waals surface area contributed by atoms with Crippen LogP contribution in [0, 0.1) is 18.8 Å². The molecule has 1 aliphatic rings. The van der Waals surface area contributed by atoms with E-state index in [1.54, 1.807) is 12.1 Å². The van der Waals surface area contributed by atoms with Gasteiger partial charge in [0, 0.05) is 25.2 Å². The number of benzene rings is 2. The summed E-state index contributed by atoms with van der Waals surface area (Å²) in [5.41, 5.74) is 2.13. The smallest absolute Gasteiger partial charge is 0.254 e. The van der Waals surface area contributed by atoms with E-state index in [1.165, 1.54) is 6.07 Å². The zero-order valence-corrected chi connectivity index (χ0v) is 17.5. The molecule has 0 aromatic heterocycles. The third-order valence-corrected chi connectivity index (χ3v) is 6.61. The standard InChI is InChI=1S/C22H28N2O3S/c1-16-11-17(2)15-24(14-16)22(25)21-12-20(10-9-18(21)3)28(26,27)23-13-19-7-5-4-6-8-19/h4-10,12,16-17,23H,11,13-15H2,1-3H3/t16-,17-/m1/s1. The second-order valence-corrected chi connectivity index (χ2v) is 9.71. The molecule has 1 heterocycles. The maximum Gasteiger partial charge on any atom is 0.254 e. The van der Waals surface area contributed by atoms with Crippen molar-refractivity contribution in [2.24, 2.45) is 11.8 Å². The lowest BCUT2D eigenvalue weighted by Gasteiger charge is -2.35. The molecule has 0 saturated carbocycles. The summed E-state index contributed by atoms with van der Waals surface area (Å²) in [6, 6.07) is 14.1. The van der Waals surface area contributed by atoms with Crippen LogP contribution in [0.2, 0.25) is 0 Å². The third-order valence-electron chi connectivity index (χ3n) is 5.21. The van der Waals surface area contributed by atoms with E-state index >= 15 is 0 Å². The summed E-state index contributed by atoms with van der Waals surface area (Å²) in [6.07, 6.45) is 1.11. The first-order valence-electron chi connectivity index (χ1n) is 9.70. The Morgan fingerprint density at radius 1 is 1.07 bits per heavy atom. The molecule has 1 amide bonds. The van der Waals surface area contributed by atoms with Crippen LogP contribution >= 0.6 is 0 Å². The summed E-state index contributed by atoms with van der Waals surface area (Å²) >= 11 is 0. The van der Waals surface area contributed by atoms with Crippen molar-refractivity contribution in [1.82, 2.24) is 9.62 Å². The average Bonchev–Trinajstić information content (AvgIpc) is 2.66. The minimum atomic E-state index is -3.70. The van der Waals surface area contributed by atoms with Gasteiger partial charge in [-0.25, -0.2) is 13.1 Å². The molecule has 1 aliphatic heterocycles. The van der Waals surface area contributed by atoms with Crippen molar-refractivity contribution in [3.8, 4) is 0 Å². The molecule has 0 radical (unpaired) electrons. The van der Waals surface area contributed by atoms with Crippen molar-refractivity contribution < 1.29 is 13.2 Å². The molecule has 1 fully saturated rings. The molecular weight excluding hydrogens is 372 g/mol. The van der Waals surface area contributed by atoms with Crippen molar-refractivity contribution in [1.29, 1.82) is 0 Å². The van der Waals surface area contributed by atoms with Crippen LogP contribution in [0.4, 0.5) is 0 Å². The fourth-order valence-corrected chi connectivity index (χ4v) is 4.90. The number of carbonyl (C=O) groups excluding carboxylic acids is 1. The number of hydrogen-bond acceptors (Lipinski definition) is 3. The van der Waals surface area contributed by atoms with Gasteiger partial charge in [0.1, 0.15) is 0 Å². The number of nitrogens with zero attached hydrogens (tertiary/aromatic N) is 1. The maximum absolute atomic E-state index is 13.1. The van der Waals surface area contributed by atoms with Crippen LogP contribution in [-0.4, -0.2) is 32.3 Å². The topological polar surface area (TPSA) is 66.5 Å². The van der Waals surface area contributed by atoms with E-state index in [9.17, 15) is 13.2 Å². The van der Waals surface area contributed by atoms with Gasteiger partial charge in [0.05, 0.1) is 4.90 Å². The Hall–Kier alpha value is -2.18. The Morgan fingerprint density at radius 2 is 1.71 bits per heavy atom. The molecule has 0 spiro atoms. The highest BCUT2D eigenvalue weighted by Gasteiger charge is 2.27. The lowest BCUT2D eigenvalue weighted by molar-refractivity contribution is 0.0622. The van der Waals surface area contributed by atoms with E-state index in [2.05, 4.69) is 18.6 Å². The number of carbonyl (C=O) groups is 1. The van der Waals surface area contributed by atoms with Gasteiger partial charge in [0.15, 0.2) is 0 Å². The first-order chi connectivity index (χ1) is 13.3. The van der Waals surface area contributed by atoms with Crippen molar-refractivity contribution in [3.63, 3.8) is 0 Å². The van der Waals surface area contributed by atoms with E-state index < -0.39 is 10.0 Å². The fourth-order valence-electron chi connectivity index (χ4n) is 3.86. The average molecular weight is 401 g/mol. The van der Waals surface area contributed by atoms with Crippen LogP contribution < -0.4 is 4.72 Å². The van der Waals surface area contributed by atoms with Gasteiger partial charge in [0.25, 0.3) is 5.91 Å². The van der Waals surface area contributed by atoms with Crippen molar-refractivity contribution in [2.45, 2.75) is 38.6 Å². The lowest BCUT2D eigenvalue weighted by Crippen LogP contribution is -2.42. The number of nitrogens with one attached hydrogen (secondary N) is 1. The van der Waals surface area contributed by atoms with Crippen LogP contribution in [0.15, 0.2) is 53.4 Å². The predicted octanol–water partition coefficient (Wildman–Crippen LogP) is 3.59. The van der Waals surface area contributed by atoms with E-state index in [4.69, 9.17) is 0 Å². The molecular formula is C22H28N2O3S. The summed E-state index contributed by atoms with van der Waals surface area (Å²) in [4.78, 5) is 15.1. The number of sulfonamides is 1. The van der Waals surface area contributed by atoms with E-state index in [-0.39, 0.29) is 17.3 Å². The summed E-state index contributed by atoms with van der Waals surface area (Å²) in [5, 5.41) is 0. The Kier molecular flexibility index (Phi) is 6.20. The Balaban J connectivity index is 1.81. The summed E-state index contributed by atoms with van der Waals surface area (Å²) in [5.74, 6) is 0.816. The van der Waals surface area contributed by atoms with Crippen LogP contribution in [-0.2, 0) is 16.6 Å². The van der Waals surface area contributed by atoms with E-state index in [0.717, 1.165) is 17.5 Å². The molecule has 2 atom stereocenters. The summed E-state index contributed by atoms with van der Waals surface area (Å²) in [6.45, 7) is 7.78. The number of aryl methyl sites for hydroxylation is 1. The van der Waals surface area contributed by atoms with Gasteiger partial charge in [-0.2, -0.15) is 0 Å². The fraction of sp³-hybridized carbons (Fsp3) is 0.409. The van der Waals surface area contributed by atoms with E-state index in [1.807, 2.05) is 42.2 Å². The zero-order valence-electron chi connectivity index (χ0n) is 16.7. The van der Waals surface area contributed by atoms with Gasteiger partial charge < -0.3 is 4.90 Å². The molecule has 1 N–H and O–H groups in total. The first-order valence-corrected chi connectivity index (χ1v) is 11.2. The van der Waals surface area contributed by atoms with Crippen LogP contribution in [0.5, 0.6) is 0 Å². The molecule has 5 nitrogen and oxygen atoms in total. The molecule has 1 saturated heterocycles. The number of amides is 1. The number of hydrogen-bond donors (Lipinski definition) is 1. The number of likely N-dealkylation sites (tertiary alicyclic amines) is 1. The van der Waals surface area contributed by atoms with Crippen molar-refractivity contribution in [2.75, 3.05) is 13.1 Å². The second-order valence-electron chi connectivity index (χ2n) is 7.94. The largest absolute Gasteiger partial charge is 0.338 e. The van der Waals surface area contributed by atoms with Gasteiger partial charge >= 0.3 is 0 Å². The normalized spacial score (nSPS) is 20.2. The monoisotopic (exact) mass is 400 g/mol. The summed E-state index contributed by atoms with van der Waals surface area (Å²) < 4.78 is 28.1. The number of rotatable bonds is 5. The molecule has 0 bridgehead atoms. The van der Waals surface area contributed by atoms with Gasteiger partial charge in [-0.3, -0.25) is 4.79 Å². The van der Waals surface area contributed by atoms with Crippen molar-refractivity contribution in [3.05, 3.63) is 65.2 Å². The molecule has 3 rings (SSSR count). The minimum Gasteiger partial charge on any atom is -0.338 e. The lowest BCUT2D eigenvalue weighted by atomic mass is 9.91. The van der Waals surface area contributed by atoms with Crippen LogP contribution in [0.3, 0.4) is 0 Å². The molecule has 2 aromatic rings. The van der Waals surface area contributed by atoms with Gasteiger partial charge in [-0.05, 0) is 48.4 Å². The highest BCUT2D eigenvalue weighted by Crippen LogP contribution is 2.24. The molecule has 0 aliphatic carbocycles. The van der Waals surface area contributed by atoms with E-state index in [0.29, 0.717) is 30.5 Å². The predicted molar refractivity (Wildman–Crippen MR) is 110 cm³/mol. The maximum atomic E-state index is 13.1. The molecule has 150 valence electrons. The Morgan fingerprint density at radius 3 is 2.36 bits per heavy atom. The summed E-state index contributed by atoms with van der Waals surface area (Å²) in [7, 11) is -3.70. The number of piperidine rings is 1. The highest BCUT2D eigenvalue weighted by molar-refractivity contribution is 7.89. The molecule has 28 heavy (non-hydrogen) atoms. The Labute approximate surface area is 167 Å². The quantitative estimate of drug-likeness (QED) is 0.834. The third kappa shape index (κ3) is 4.80. The SMILES string of the molecule is Cc1ccc(S(=O)(=O)NCc2ccccc2)cc1C(=O)N1C[C@H](C)C[C@@H](C)C1. The Bertz CT molecular complexity index is 932. The first kappa shape index (κ1) is 20.6. The molecule has 0 unspecified atom stereocenters. The zero-order chi connectivity index (χ0) is 20.3. The van der Waals surface area contributed by atoms with Crippen LogP contribution in [0.25, 0.3) is 0 Å². The van der Waals surface area contributed by atoms with Crippen LogP contribution in [0.1, 0.15) is 41.8 Å². The molecule has 2 aromatic carbocycles. The van der Waals surface area contributed by atoms with Gasteiger partial charge in [-0.1, -0.05) is 50.2 Å². The molecule has 6 heteroatoms. The second kappa shape index (κ2) is 8.45. The minimum absolute atomic E-state index is 0.0870. The van der Waals surface area contributed by atoms with Crippen molar-refractivity contribution >= 4 is 15.9 Å². The van der Waals surface area contributed by atoms with Gasteiger partial charge in [0.2, 0.25) is 10.0 Å². The van der Waals surface area contributed by atoms with Gasteiger partial charge in [-0.15, -0.1) is 0 Å². The highest BCUT2D eigenvalue weighted by atomic mass is 32.2.